The van der Waals surface area contributed by atoms with Crippen molar-refractivity contribution in [2.45, 2.75) is 27.2 Å². The number of carbonyl (C=O) groups excluding carboxylic acids is 2. The molecule has 0 atom stereocenters. The molecule has 2 amide bonds. The van der Waals surface area contributed by atoms with Crippen molar-refractivity contribution in [3.63, 3.8) is 0 Å². The number of hydrogen-bond donors (Lipinski definition) is 1. The van der Waals surface area contributed by atoms with E-state index in [0.29, 0.717) is 6.54 Å². The molecule has 1 N–H and O–H groups in total. The van der Waals surface area contributed by atoms with Gasteiger partial charge >= 0.3 is 0 Å². The predicted octanol–water partition coefficient (Wildman–Crippen LogP) is 3.69. The maximum Gasteiger partial charge on any atom is 0.226 e. The van der Waals surface area contributed by atoms with E-state index < -0.39 is 0 Å². The molecular weight excluding hydrogens is 288 g/mol. The lowest BCUT2D eigenvalue weighted by Gasteiger charge is -2.21. The molecule has 0 aliphatic heterocycles. The number of nitrogens with zero attached hydrogens (tertiary/aromatic N) is 1. The Kier molecular flexibility index (Phi) is 5.52. The van der Waals surface area contributed by atoms with Crippen molar-refractivity contribution in [2.24, 2.45) is 0 Å². The van der Waals surface area contributed by atoms with E-state index in [9.17, 15) is 9.59 Å². The molecule has 0 spiro atoms. The fourth-order valence-corrected chi connectivity index (χ4v) is 2.33. The highest BCUT2D eigenvalue weighted by molar-refractivity contribution is 5.95. The molecule has 0 bridgehead atoms. The highest BCUT2D eigenvalue weighted by atomic mass is 16.2. The SMILES string of the molecule is CC(=O)N(CCC(=O)Nc1ccccc1C)c1ccc(C)cc1. The van der Waals surface area contributed by atoms with Crippen LogP contribution in [0.2, 0.25) is 0 Å². The van der Waals surface area contributed by atoms with Gasteiger partial charge in [0.25, 0.3) is 0 Å². The summed E-state index contributed by atoms with van der Waals surface area (Å²) in [6.45, 7) is 5.82. The minimum Gasteiger partial charge on any atom is -0.326 e. The summed E-state index contributed by atoms with van der Waals surface area (Å²) >= 11 is 0. The zero-order valence-electron chi connectivity index (χ0n) is 13.8. The van der Waals surface area contributed by atoms with Gasteiger partial charge in [-0.2, -0.15) is 0 Å². The number of hydrogen-bond acceptors (Lipinski definition) is 2. The van der Waals surface area contributed by atoms with Gasteiger partial charge in [-0.1, -0.05) is 35.9 Å². The molecule has 120 valence electrons. The third kappa shape index (κ3) is 4.68. The third-order valence-corrected chi connectivity index (χ3v) is 3.71. The largest absolute Gasteiger partial charge is 0.326 e. The number of nitrogens with one attached hydrogen (secondary N) is 1. The first-order valence-corrected chi connectivity index (χ1v) is 7.67. The number of rotatable bonds is 5. The fourth-order valence-electron chi connectivity index (χ4n) is 2.33. The van der Waals surface area contributed by atoms with Crippen LogP contribution in [-0.4, -0.2) is 18.4 Å². The molecule has 2 aromatic carbocycles. The smallest absolute Gasteiger partial charge is 0.226 e. The molecule has 23 heavy (non-hydrogen) atoms. The van der Waals surface area contributed by atoms with E-state index in [2.05, 4.69) is 5.32 Å². The molecule has 2 rings (SSSR count). The van der Waals surface area contributed by atoms with Crippen molar-refractivity contribution in [2.75, 3.05) is 16.8 Å². The monoisotopic (exact) mass is 310 g/mol. The zero-order valence-corrected chi connectivity index (χ0v) is 13.8. The standard InChI is InChI=1S/C19H22N2O2/c1-14-8-10-17(11-9-14)21(16(3)22)13-12-19(23)20-18-7-5-4-6-15(18)2/h4-11H,12-13H2,1-3H3,(H,20,23). The van der Waals surface area contributed by atoms with E-state index in [4.69, 9.17) is 0 Å². The van der Waals surface area contributed by atoms with E-state index in [1.807, 2.05) is 62.4 Å². The van der Waals surface area contributed by atoms with Gasteiger partial charge in [0.2, 0.25) is 11.8 Å². The summed E-state index contributed by atoms with van der Waals surface area (Å²) in [6, 6.07) is 15.3. The highest BCUT2D eigenvalue weighted by Crippen LogP contribution is 2.17. The molecule has 0 heterocycles. The van der Waals surface area contributed by atoms with Crippen LogP contribution < -0.4 is 10.2 Å². The van der Waals surface area contributed by atoms with Gasteiger partial charge in [0.1, 0.15) is 0 Å². The van der Waals surface area contributed by atoms with E-state index in [0.717, 1.165) is 22.5 Å². The van der Waals surface area contributed by atoms with Crippen LogP contribution in [0, 0.1) is 13.8 Å². The Labute approximate surface area is 137 Å². The molecule has 2 aromatic rings. The summed E-state index contributed by atoms with van der Waals surface area (Å²) < 4.78 is 0. The van der Waals surface area contributed by atoms with Crippen molar-refractivity contribution in [1.29, 1.82) is 0 Å². The molecule has 0 saturated carbocycles. The summed E-state index contributed by atoms with van der Waals surface area (Å²) in [5.74, 6) is -0.171. The molecule has 4 heteroatoms. The number of aryl methyl sites for hydroxylation is 2. The molecule has 0 aromatic heterocycles. The first-order valence-electron chi connectivity index (χ1n) is 7.67. The van der Waals surface area contributed by atoms with Gasteiger partial charge in [0.15, 0.2) is 0 Å². The van der Waals surface area contributed by atoms with Gasteiger partial charge in [-0.05, 0) is 37.6 Å². The maximum atomic E-state index is 12.1. The van der Waals surface area contributed by atoms with Crippen LogP contribution in [0.3, 0.4) is 0 Å². The topological polar surface area (TPSA) is 49.4 Å². The summed E-state index contributed by atoms with van der Waals surface area (Å²) in [5, 5.41) is 2.89. The van der Waals surface area contributed by atoms with Crippen LogP contribution in [0.1, 0.15) is 24.5 Å². The van der Waals surface area contributed by atoms with E-state index in [1.54, 1.807) is 4.90 Å². The van der Waals surface area contributed by atoms with Crippen molar-refractivity contribution in [3.8, 4) is 0 Å². The number of amides is 2. The molecule has 0 aliphatic carbocycles. The molecule has 0 fully saturated rings. The van der Waals surface area contributed by atoms with Gasteiger partial charge in [-0.25, -0.2) is 0 Å². The molecule has 0 unspecified atom stereocenters. The third-order valence-electron chi connectivity index (χ3n) is 3.71. The Balaban J connectivity index is 1.99. The first-order chi connectivity index (χ1) is 11.0. The van der Waals surface area contributed by atoms with Gasteiger partial charge in [0.05, 0.1) is 0 Å². The second-order valence-corrected chi connectivity index (χ2v) is 5.62. The molecule has 0 radical (unpaired) electrons. The van der Waals surface area contributed by atoms with Crippen molar-refractivity contribution < 1.29 is 9.59 Å². The van der Waals surface area contributed by atoms with Crippen LogP contribution in [0.4, 0.5) is 11.4 Å². The van der Waals surface area contributed by atoms with Gasteiger partial charge in [-0.3, -0.25) is 9.59 Å². The fraction of sp³-hybridized carbons (Fsp3) is 0.263. The second-order valence-electron chi connectivity index (χ2n) is 5.62. The first kappa shape index (κ1) is 16.7. The van der Waals surface area contributed by atoms with E-state index in [1.165, 1.54) is 6.92 Å². The van der Waals surface area contributed by atoms with E-state index in [-0.39, 0.29) is 18.2 Å². The zero-order chi connectivity index (χ0) is 16.8. The molecule has 0 saturated heterocycles. The minimum atomic E-state index is -0.0994. The Morgan fingerprint density at radius 1 is 1.00 bits per heavy atom. The second kappa shape index (κ2) is 7.58. The van der Waals surface area contributed by atoms with E-state index >= 15 is 0 Å². The number of para-hydroxylation sites is 1. The van der Waals surface area contributed by atoms with Crippen LogP contribution in [0.25, 0.3) is 0 Å². The maximum absolute atomic E-state index is 12.1. The molecular formula is C19H22N2O2. The Morgan fingerprint density at radius 2 is 1.65 bits per heavy atom. The van der Waals surface area contributed by atoms with Gasteiger partial charge < -0.3 is 10.2 Å². The van der Waals surface area contributed by atoms with Crippen LogP contribution in [0.5, 0.6) is 0 Å². The summed E-state index contributed by atoms with van der Waals surface area (Å²) in [6.07, 6.45) is 0.252. The highest BCUT2D eigenvalue weighted by Gasteiger charge is 2.13. The Bertz CT molecular complexity index is 693. The van der Waals surface area contributed by atoms with Gasteiger partial charge in [0, 0.05) is 31.3 Å². The summed E-state index contributed by atoms with van der Waals surface area (Å²) in [7, 11) is 0. The minimum absolute atomic E-state index is 0.0717. The Morgan fingerprint density at radius 3 is 2.26 bits per heavy atom. The van der Waals surface area contributed by atoms with Crippen molar-refractivity contribution in [1.82, 2.24) is 0 Å². The lowest BCUT2D eigenvalue weighted by atomic mass is 10.2. The number of benzene rings is 2. The number of anilines is 2. The molecule has 0 aliphatic rings. The van der Waals surface area contributed by atoms with Gasteiger partial charge in [-0.15, -0.1) is 0 Å². The Hall–Kier alpha value is -2.62. The average Bonchev–Trinajstić information content (AvgIpc) is 2.51. The lowest BCUT2D eigenvalue weighted by molar-refractivity contribution is -0.117. The molecule has 4 nitrogen and oxygen atoms in total. The van der Waals surface area contributed by atoms with Crippen molar-refractivity contribution in [3.05, 3.63) is 59.7 Å². The van der Waals surface area contributed by atoms with Crippen LogP contribution in [-0.2, 0) is 9.59 Å². The van der Waals surface area contributed by atoms with Crippen LogP contribution >= 0.6 is 0 Å². The lowest BCUT2D eigenvalue weighted by Crippen LogP contribution is -2.32. The number of carbonyl (C=O) groups is 2. The normalized spacial score (nSPS) is 10.2. The summed E-state index contributed by atoms with van der Waals surface area (Å²) in [5.41, 5.74) is 3.77. The van der Waals surface area contributed by atoms with Crippen molar-refractivity contribution >= 4 is 23.2 Å². The predicted molar refractivity (Wildman–Crippen MR) is 93.6 cm³/mol. The quantitative estimate of drug-likeness (QED) is 0.915. The average molecular weight is 310 g/mol. The summed E-state index contributed by atoms with van der Waals surface area (Å²) in [4.78, 5) is 25.6. The van der Waals surface area contributed by atoms with Crippen LogP contribution in [0.15, 0.2) is 48.5 Å².